The molecule has 8 heteroatoms. The van der Waals surface area contributed by atoms with Crippen molar-refractivity contribution in [2.24, 2.45) is 0 Å². The summed E-state index contributed by atoms with van der Waals surface area (Å²) in [4.78, 5) is 25.0. The summed E-state index contributed by atoms with van der Waals surface area (Å²) >= 11 is 0. The molecule has 164 valence electrons. The van der Waals surface area contributed by atoms with Crippen LogP contribution in [0.15, 0.2) is 84.9 Å². The standard InChI is InChI=1S/C25H22N6O2/c32-24(26-19-11-12-19)22-23(17-7-3-1-4-8-17)31(30-29-22)21-15-13-20(14-16-21)28-25(33)27-18-9-5-2-6-10-18/h1-10,13-16,19H,11-12H2,(H,26,32)(H2,27,28,33). The Balaban J connectivity index is 1.39. The molecule has 1 saturated carbocycles. The molecule has 1 aliphatic carbocycles. The third kappa shape index (κ3) is 4.74. The molecule has 4 aromatic rings. The first-order valence-corrected chi connectivity index (χ1v) is 10.7. The van der Waals surface area contributed by atoms with Crippen LogP contribution in [-0.4, -0.2) is 33.0 Å². The molecule has 0 bridgehead atoms. The number of urea groups is 1. The number of hydrogen-bond donors (Lipinski definition) is 3. The molecule has 3 amide bonds. The highest BCUT2D eigenvalue weighted by atomic mass is 16.2. The van der Waals surface area contributed by atoms with Crippen LogP contribution < -0.4 is 16.0 Å². The van der Waals surface area contributed by atoms with Crippen LogP contribution in [0.25, 0.3) is 16.9 Å². The minimum Gasteiger partial charge on any atom is -0.348 e. The van der Waals surface area contributed by atoms with Crippen LogP contribution >= 0.6 is 0 Å². The predicted molar refractivity (Wildman–Crippen MR) is 126 cm³/mol. The number of benzene rings is 3. The maximum Gasteiger partial charge on any atom is 0.323 e. The van der Waals surface area contributed by atoms with E-state index in [1.54, 1.807) is 16.8 Å². The maximum absolute atomic E-state index is 12.8. The lowest BCUT2D eigenvalue weighted by Crippen LogP contribution is -2.26. The van der Waals surface area contributed by atoms with Gasteiger partial charge in [0.1, 0.15) is 5.69 Å². The monoisotopic (exact) mass is 438 g/mol. The number of carbonyl (C=O) groups excluding carboxylic acids is 2. The number of para-hydroxylation sites is 1. The van der Waals surface area contributed by atoms with E-state index in [4.69, 9.17) is 0 Å². The smallest absolute Gasteiger partial charge is 0.323 e. The largest absolute Gasteiger partial charge is 0.348 e. The molecule has 3 aromatic carbocycles. The van der Waals surface area contributed by atoms with Gasteiger partial charge in [-0.15, -0.1) is 5.10 Å². The fourth-order valence-electron chi connectivity index (χ4n) is 3.45. The lowest BCUT2D eigenvalue weighted by Gasteiger charge is -2.11. The van der Waals surface area contributed by atoms with E-state index in [1.165, 1.54) is 0 Å². The zero-order valence-corrected chi connectivity index (χ0v) is 17.7. The Labute approximate surface area is 190 Å². The number of carbonyl (C=O) groups is 2. The number of nitrogens with zero attached hydrogens (tertiary/aromatic N) is 3. The highest BCUT2D eigenvalue weighted by Crippen LogP contribution is 2.27. The van der Waals surface area contributed by atoms with Crippen molar-refractivity contribution in [3.05, 3.63) is 90.6 Å². The van der Waals surface area contributed by atoms with Crippen molar-refractivity contribution in [3.63, 3.8) is 0 Å². The van der Waals surface area contributed by atoms with Gasteiger partial charge >= 0.3 is 6.03 Å². The highest BCUT2D eigenvalue weighted by Gasteiger charge is 2.28. The Morgan fingerprint density at radius 2 is 1.39 bits per heavy atom. The quantitative estimate of drug-likeness (QED) is 0.413. The summed E-state index contributed by atoms with van der Waals surface area (Å²) in [7, 11) is 0. The average Bonchev–Trinajstić information content (AvgIpc) is 3.54. The first-order chi connectivity index (χ1) is 16.2. The summed E-state index contributed by atoms with van der Waals surface area (Å²) in [6, 6.07) is 25.9. The Kier molecular flexibility index (Phi) is 5.55. The van der Waals surface area contributed by atoms with E-state index in [-0.39, 0.29) is 23.7 Å². The first-order valence-electron chi connectivity index (χ1n) is 10.7. The predicted octanol–water partition coefficient (Wildman–Crippen LogP) is 4.47. The van der Waals surface area contributed by atoms with Crippen LogP contribution in [-0.2, 0) is 0 Å². The summed E-state index contributed by atoms with van der Waals surface area (Å²) in [6.07, 6.45) is 1.99. The molecule has 1 heterocycles. The summed E-state index contributed by atoms with van der Waals surface area (Å²) in [5, 5.41) is 17.0. The molecular formula is C25H22N6O2. The van der Waals surface area contributed by atoms with Gasteiger partial charge in [0.05, 0.1) is 5.69 Å². The molecule has 0 spiro atoms. The average molecular weight is 438 g/mol. The zero-order valence-electron chi connectivity index (χ0n) is 17.7. The number of amides is 3. The van der Waals surface area contributed by atoms with E-state index in [0.29, 0.717) is 17.1 Å². The van der Waals surface area contributed by atoms with Crippen LogP contribution in [0.5, 0.6) is 0 Å². The van der Waals surface area contributed by atoms with E-state index in [0.717, 1.165) is 24.1 Å². The van der Waals surface area contributed by atoms with Crippen molar-refractivity contribution in [3.8, 4) is 16.9 Å². The normalized spacial score (nSPS) is 12.7. The van der Waals surface area contributed by atoms with Gasteiger partial charge in [0.15, 0.2) is 5.69 Å². The third-order valence-corrected chi connectivity index (χ3v) is 5.25. The van der Waals surface area contributed by atoms with Crippen molar-refractivity contribution >= 4 is 23.3 Å². The van der Waals surface area contributed by atoms with Gasteiger partial charge in [0.2, 0.25) is 0 Å². The van der Waals surface area contributed by atoms with Gasteiger partial charge in [-0.25, -0.2) is 9.48 Å². The molecule has 1 aliphatic rings. The Hall–Kier alpha value is -4.46. The van der Waals surface area contributed by atoms with E-state index in [1.807, 2.05) is 72.8 Å². The van der Waals surface area contributed by atoms with Gasteiger partial charge in [-0.2, -0.15) is 0 Å². The number of nitrogens with one attached hydrogen (secondary N) is 3. The van der Waals surface area contributed by atoms with Gasteiger partial charge in [-0.05, 0) is 49.2 Å². The van der Waals surface area contributed by atoms with E-state index < -0.39 is 0 Å². The summed E-state index contributed by atoms with van der Waals surface area (Å²) in [5.41, 5.74) is 3.81. The summed E-state index contributed by atoms with van der Waals surface area (Å²) in [5.74, 6) is -0.224. The van der Waals surface area contributed by atoms with Crippen LogP contribution in [0.2, 0.25) is 0 Å². The van der Waals surface area contributed by atoms with Crippen molar-refractivity contribution in [1.29, 1.82) is 0 Å². The SMILES string of the molecule is O=C(Nc1ccccc1)Nc1ccc(-n2nnc(C(=O)NC3CC3)c2-c2ccccc2)cc1. The van der Waals surface area contributed by atoms with Gasteiger partial charge < -0.3 is 16.0 Å². The van der Waals surface area contributed by atoms with E-state index >= 15 is 0 Å². The summed E-state index contributed by atoms with van der Waals surface area (Å²) < 4.78 is 1.64. The second-order valence-electron chi connectivity index (χ2n) is 7.80. The fourth-order valence-corrected chi connectivity index (χ4v) is 3.45. The molecule has 0 radical (unpaired) electrons. The molecule has 5 rings (SSSR count). The van der Waals surface area contributed by atoms with Crippen molar-refractivity contribution in [2.45, 2.75) is 18.9 Å². The molecule has 0 aliphatic heterocycles. The minimum absolute atomic E-state index is 0.221. The number of aromatic nitrogens is 3. The van der Waals surface area contributed by atoms with Gasteiger partial charge in [-0.1, -0.05) is 53.7 Å². The second-order valence-corrected chi connectivity index (χ2v) is 7.80. The molecule has 1 aromatic heterocycles. The second kappa shape index (κ2) is 8.96. The number of rotatable bonds is 6. The number of anilines is 2. The Morgan fingerprint density at radius 1 is 0.788 bits per heavy atom. The van der Waals surface area contributed by atoms with Crippen molar-refractivity contribution < 1.29 is 9.59 Å². The number of hydrogen-bond acceptors (Lipinski definition) is 4. The van der Waals surface area contributed by atoms with Gasteiger partial charge in [-0.3, -0.25) is 4.79 Å². The minimum atomic E-state index is -0.335. The molecule has 0 unspecified atom stereocenters. The maximum atomic E-state index is 12.8. The first kappa shape index (κ1) is 20.4. The van der Waals surface area contributed by atoms with Crippen molar-refractivity contribution in [1.82, 2.24) is 20.3 Å². The molecule has 0 atom stereocenters. The van der Waals surface area contributed by atoms with Gasteiger partial charge in [0, 0.05) is 23.0 Å². The lowest BCUT2D eigenvalue weighted by atomic mass is 10.1. The van der Waals surface area contributed by atoms with Gasteiger partial charge in [0.25, 0.3) is 5.91 Å². The molecular weight excluding hydrogens is 416 g/mol. The Bertz CT molecular complexity index is 1270. The van der Waals surface area contributed by atoms with Crippen LogP contribution in [0.4, 0.5) is 16.2 Å². The van der Waals surface area contributed by atoms with Crippen LogP contribution in [0.3, 0.4) is 0 Å². The molecule has 1 fully saturated rings. The van der Waals surface area contributed by atoms with E-state index in [9.17, 15) is 9.59 Å². The lowest BCUT2D eigenvalue weighted by molar-refractivity contribution is 0.0946. The zero-order chi connectivity index (χ0) is 22.6. The molecule has 33 heavy (non-hydrogen) atoms. The van der Waals surface area contributed by atoms with Crippen LogP contribution in [0.1, 0.15) is 23.3 Å². The molecule has 0 saturated heterocycles. The van der Waals surface area contributed by atoms with E-state index in [2.05, 4.69) is 26.3 Å². The topological polar surface area (TPSA) is 101 Å². The summed E-state index contributed by atoms with van der Waals surface area (Å²) in [6.45, 7) is 0. The third-order valence-electron chi connectivity index (χ3n) is 5.25. The molecule has 8 nitrogen and oxygen atoms in total. The molecule has 3 N–H and O–H groups in total. The van der Waals surface area contributed by atoms with Crippen molar-refractivity contribution in [2.75, 3.05) is 10.6 Å². The highest BCUT2D eigenvalue weighted by molar-refractivity contribution is 6.00. The van der Waals surface area contributed by atoms with Crippen LogP contribution in [0, 0.1) is 0 Å². The Morgan fingerprint density at radius 3 is 2.03 bits per heavy atom. The fraction of sp³-hybridized carbons (Fsp3) is 0.120.